The molecule has 7 aromatic carbocycles. The summed E-state index contributed by atoms with van der Waals surface area (Å²) in [5.41, 5.74) is 12.4. The van der Waals surface area contributed by atoms with Crippen LogP contribution in [0.2, 0.25) is 0 Å². The number of rotatable bonds is 7. The fourth-order valence-corrected chi connectivity index (χ4v) is 6.83. The van der Waals surface area contributed by atoms with Crippen LogP contribution in [-0.4, -0.2) is 0 Å². The van der Waals surface area contributed by atoms with Gasteiger partial charge in [-0.05, 0) is 132 Å². The largest absolute Gasteiger partial charge is 0.310 e. The number of hydrogen-bond donors (Lipinski definition) is 0. The molecule has 0 saturated carbocycles. The van der Waals surface area contributed by atoms with Gasteiger partial charge in [0.05, 0.1) is 0 Å². The third-order valence-electron chi connectivity index (χ3n) is 9.19. The number of hydrogen-bond acceptors (Lipinski definition) is 2. The van der Waals surface area contributed by atoms with Gasteiger partial charge >= 0.3 is 0 Å². The van der Waals surface area contributed by atoms with E-state index < -0.39 is 0 Å². The second-order valence-electron chi connectivity index (χ2n) is 12.1. The van der Waals surface area contributed by atoms with Crippen LogP contribution in [0.1, 0.15) is 24.0 Å². The minimum Gasteiger partial charge on any atom is -0.310 e. The van der Waals surface area contributed by atoms with E-state index in [0.29, 0.717) is 0 Å². The van der Waals surface area contributed by atoms with Gasteiger partial charge in [0.2, 0.25) is 0 Å². The van der Waals surface area contributed by atoms with Gasteiger partial charge < -0.3 is 9.80 Å². The molecule has 1 aliphatic carbocycles. The van der Waals surface area contributed by atoms with Gasteiger partial charge in [-0.25, -0.2) is 0 Å². The minimum absolute atomic E-state index is 1.13. The van der Waals surface area contributed by atoms with E-state index in [-0.39, 0.29) is 0 Å². The Bertz CT molecular complexity index is 2080. The molecule has 0 N–H and O–H groups in total. The van der Waals surface area contributed by atoms with Crippen molar-refractivity contribution in [2.75, 3.05) is 9.80 Å². The van der Waals surface area contributed by atoms with E-state index in [1.807, 2.05) is 0 Å². The number of benzene rings is 7. The van der Waals surface area contributed by atoms with Crippen LogP contribution in [0.15, 0.2) is 170 Å². The van der Waals surface area contributed by atoms with E-state index in [1.165, 1.54) is 70.1 Å². The third-order valence-corrected chi connectivity index (χ3v) is 9.19. The van der Waals surface area contributed by atoms with E-state index in [1.54, 1.807) is 0 Å². The SMILES string of the molecule is c1ccc(N(c2ccc(-c3ccc(N(c4ccccc4)c4ccc5ccccc5c4)cc3)cc2)c2ccc3c(c2)CCCC3)cc1. The normalized spacial score (nSPS) is 12.4. The summed E-state index contributed by atoms with van der Waals surface area (Å²) in [6, 6.07) is 61.5. The zero-order valence-corrected chi connectivity index (χ0v) is 25.9. The number of aryl methyl sites for hydroxylation is 2. The van der Waals surface area contributed by atoms with E-state index in [9.17, 15) is 0 Å². The minimum atomic E-state index is 1.13. The van der Waals surface area contributed by atoms with E-state index in [2.05, 4.69) is 180 Å². The van der Waals surface area contributed by atoms with Crippen LogP contribution in [0.4, 0.5) is 34.1 Å². The lowest BCUT2D eigenvalue weighted by atomic mass is 9.91. The molecule has 0 radical (unpaired) electrons. The van der Waals surface area contributed by atoms with Gasteiger partial charge in [0.1, 0.15) is 0 Å². The number of anilines is 6. The van der Waals surface area contributed by atoms with Crippen molar-refractivity contribution in [1.29, 1.82) is 0 Å². The molecule has 2 heteroatoms. The molecule has 1 aliphatic rings. The zero-order valence-electron chi connectivity index (χ0n) is 25.9. The van der Waals surface area contributed by atoms with Crippen molar-refractivity contribution in [3.8, 4) is 11.1 Å². The van der Waals surface area contributed by atoms with Gasteiger partial charge in [-0.3, -0.25) is 0 Å². The number of fused-ring (bicyclic) bond motifs is 2. The molecule has 0 saturated heterocycles. The average Bonchev–Trinajstić information content (AvgIpc) is 3.13. The molecule has 0 spiro atoms. The fraction of sp³-hybridized carbons (Fsp3) is 0.0909. The van der Waals surface area contributed by atoms with Gasteiger partial charge in [-0.2, -0.15) is 0 Å². The van der Waals surface area contributed by atoms with Crippen LogP contribution < -0.4 is 9.80 Å². The van der Waals surface area contributed by atoms with Gasteiger partial charge in [0, 0.05) is 34.1 Å². The van der Waals surface area contributed by atoms with Crippen LogP contribution in [0, 0.1) is 0 Å². The Kier molecular flexibility index (Phi) is 7.54. The molecule has 0 aliphatic heterocycles. The topological polar surface area (TPSA) is 6.48 Å². The molecular weight excluding hydrogens is 556 g/mol. The van der Waals surface area contributed by atoms with E-state index >= 15 is 0 Å². The predicted molar refractivity (Wildman–Crippen MR) is 195 cm³/mol. The highest BCUT2D eigenvalue weighted by Gasteiger charge is 2.17. The predicted octanol–water partition coefficient (Wildman–Crippen LogP) is 12.3. The second-order valence-corrected chi connectivity index (χ2v) is 12.1. The van der Waals surface area contributed by atoms with Crippen molar-refractivity contribution < 1.29 is 0 Å². The lowest BCUT2D eigenvalue weighted by Gasteiger charge is -2.27. The first-order valence-corrected chi connectivity index (χ1v) is 16.3. The maximum absolute atomic E-state index is 2.40. The Morgan fingerprint density at radius 2 is 0.739 bits per heavy atom. The molecule has 46 heavy (non-hydrogen) atoms. The van der Waals surface area contributed by atoms with Crippen molar-refractivity contribution in [3.63, 3.8) is 0 Å². The van der Waals surface area contributed by atoms with Crippen molar-refractivity contribution >= 4 is 44.9 Å². The summed E-state index contributed by atoms with van der Waals surface area (Å²) >= 11 is 0. The van der Waals surface area contributed by atoms with Gasteiger partial charge in [0.25, 0.3) is 0 Å². The average molecular weight is 593 g/mol. The zero-order chi connectivity index (χ0) is 30.7. The summed E-state index contributed by atoms with van der Waals surface area (Å²) in [7, 11) is 0. The Balaban J connectivity index is 1.11. The lowest BCUT2D eigenvalue weighted by Crippen LogP contribution is -2.11. The summed E-state index contributed by atoms with van der Waals surface area (Å²) < 4.78 is 0. The molecule has 222 valence electrons. The van der Waals surface area contributed by atoms with E-state index in [4.69, 9.17) is 0 Å². The molecule has 0 atom stereocenters. The first-order chi connectivity index (χ1) is 22.8. The standard InChI is InChI=1S/C44H36N2/c1-3-15-39(16-4-1)45(43-29-23-33-11-7-9-13-37(33)31-43)41-25-19-35(20-26-41)36-21-27-42(28-22-36)46(40-17-5-2-6-18-40)44-30-24-34-12-8-10-14-38(34)32-44/h1-7,9,11,13,15-32H,8,10,12,14H2. The maximum Gasteiger partial charge on any atom is 0.0468 e. The van der Waals surface area contributed by atoms with Crippen LogP contribution in [0.3, 0.4) is 0 Å². The number of nitrogens with zero attached hydrogens (tertiary/aromatic N) is 2. The van der Waals surface area contributed by atoms with Crippen LogP contribution in [0.5, 0.6) is 0 Å². The summed E-state index contributed by atoms with van der Waals surface area (Å²) in [5.74, 6) is 0. The molecule has 0 aromatic heterocycles. The first-order valence-electron chi connectivity index (χ1n) is 16.3. The van der Waals surface area contributed by atoms with Gasteiger partial charge in [0.15, 0.2) is 0 Å². The maximum atomic E-state index is 2.40. The quantitative estimate of drug-likeness (QED) is 0.182. The summed E-state index contributed by atoms with van der Waals surface area (Å²) in [5, 5.41) is 2.48. The molecule has 0 heterocycles. The molecule has 7 aromatic rings. The molecule has 0 amide bonds. The van der Waals surface area contributed by atoms with Crippen LogP contribution in [-0.2, 0) is 12.8 Å². The highest BCUT2D eigenvalue weighted by atomic mass is 15.1. The van der Waals surface area contributed by atoms with Gasteiger partial charge in [-0.1, -0.05) is 97.1 Å². The van der Waals surface area contributed by atoms with E-state index in [0.717, 1.165) is 22.7 Å². The molecule has 0 unspecified atom stereocenters. The second kappa shape index (κ2) is 12.4. The third kappa shape index (κ3) is 5.55. The number of para-hydroxylation sites is 2. The fourth-order valence-electron chi connectivity index (χ4n) is 6.83. The van der Waals surface area contributed by atoms with Crippen molar-refractivity contribution in [3.05, 3.63) is 181 Å². The monoisotopic (exact) mass is 592 g/mol. The van der Waals surface area contributed by atoms with Crippen molar-refractivity contribution in [1.82, 2.24) is 0 Å². The first kappa shape index (κ1) is 27.9. The highest BCUT2D eigenvalue weighted by molar-refractivity contribution is 5.89. The highest BCUT2D eigenvalue weighted by Crippen LogP contribution is 2.39. The van der Waals surface area contributed by atoms with Crippen molar-refractivity contribution in [2.45, 2.75) is 25.7 Å². The van der Waals surface area contributed by atoms with Crippen LogP contribution in [0.25, 0.3) is 21.9 Å². The molecule has 0 fully saturated rings. The lowest BCUT2D eigenvalue weighted by molar-refractivity contribution is 0.685. The summed E-state index contributed by atoms with van der Waals surface area (Å²) in [4.78, 5) is 4.71. The Morgan fingerprint density at radius 3 is 1.33 bits per heavy atom. The summed E-state index contributed by atoms with van der Waals surface area (Å²) in [6.07, 6.45) is 4.94. The van der Waals surface area contributed by atoms with Crippen molar-refractivity contribution in [2.24, 2.45) is 0 Å². The molecule has 0 bridgehead atoms. The Morgan fingerprint density at radius 1 is 0.304 bits per heavy atom. The molecular formula is C44H36N2. The Labute approximate surface area is 271 Å². The molecule has 2 nitrogen and oxygen atoms in total. The Hall–Kier alpha value is -5.60. The van der Waals surface area contributed by atoms with Crippen LogP contribution >= 0.6 is 0 Å². The molecule has 8 rings (SSSR count). The smallest absolute Gasteiger partial charge is 0.0468 e. The summed E-state index contributed by atoms with van der Waals surface area (Å²) in [6.45, 7) is 0. The van der Waals surface area contributed by atoms with Gasteiger partial charge in [-0.15, -0.1) is 0 Å².